The van der Waals surface area contributed by atoms with E-state index >= 15 is 0 Å². The number of hydrogen-bond acceptors (Lipinski definition) is 4. The summed E-state index contributed by atoms with van der Waals surface area (Å²) in [6.07, 6.45) is 4.68. The largest absolute Gasteiger partial charge is 0.346 e. The summed E-state index contributed by atoms with van der Waals surface area (Å²) >= 11 is 0. The van der Waals surface area contributed by atoms with Crippen LogP contribution in [0.4, 0.5) is 0 Å². The van der Waals surface area contributed by atoms with Crippen LogP contribution in [0, 0.1) is 28.1 Å². The molecule has 2 atom stereocenters. The second kappa shape index (κ2) is 4.28. The van der Waals surface area contributed by atoms with Crippen LogP contribution in [0.1, 0.15) is 34.1 Å². The number of fused-ring (bicyclic) bond motifs is 2. The maximum Gasteiger partial charge on any atom is 0.182 e. The Balaban J connectivity index is 2.28. The van der Waals surface area contributed by atoms with Crippen LogP contribution in [0.5, 0.6) is 0 Å². The van der Waals surface area contributed by atoms with E-state index in [1.165, 1.54) is 0 Å². The minimum Gasteiger partial charge on any atom is -0.346 e. The summed E-state index contributed by atoms with van der Waals surface area (Å²) in [6, 6.07) is 2.06. The molecule has 0 unspecified atom stereocenters. The van der Waals surface area contributed by atoms with Gasteiger partial charge in [-0.3, -0.25) is 4.79 Å². The van der Waals surface area contributed by atoms with E-state index in [-0.39, 0.29) is 17.3 Å². The Kier molecular flexibility index (Phi) is 2.96. The molecule has 0 aromatic rings. The van der Waals surface area contributed by atoms with Crippen LogP contribution in [0.2, 0.25) is 0 Å². The van der Waals surface area contributed by atoms with Crippen molar-refractivity contribution in [3.05, 3.63) is 23.3 Å². The maximum atomic E-state index is 12.6. The Hall–Kier alpha value is -1.44. The SMILES string of the molecule is C[C@@H]1C=C2C(C)(C)C(=O)C(C#N)=C[C@]2(C)C2(C1)OCCO2. The van der Waals surface area contributed by atoms with Crippen LogP contribution >= 0.6 is 0 Å². The molecule has 0 amide bonds. The fraction of sp³-hybridized carbons (Fsp3) is 0.647. The molecule has 0 aromatic heterocycles. The molecule has 1 aliphatic heterocycles. The lowest BCUT2D eigenvalue weighted by atomic mass is 9.54. The number of nitriles is 1. The monoisotopic (exact) mass is 287 g/mol. The molecule has 21 heavy (non-hydrogen) atoms. The molecule has 0 radical (unpaired) electrons. The summed E-state index contributed by atoms with van der Waals surface area (Å²) in [7, 11) is 0. The zero-order chi connectivity index (χ0) is 15.5. The van der Waals surface area contributed by atoms with E-state index in [1.54, 1.807) is 6.08 Å². The topological polar surface area (TPSA) is 59.3 Å². The number of carbonyl (C=O) groups is 1. The van der Waals surface area contributed by atoms with Gasteiger partial charge < -0.3 is 9.47 Å². The Morgan fingerprint density at radius 3 is 2.48 bits per heavy atom. The Morgan fingerprint density at radius 1 is 1.29 bits per heavy atom. The molecule has 0 N–H and O–H groups in total. The second-order valence-corrected chi connectivity index (χ2v) is 7.04. The number of ketones is 1. The number of ether oxygens (including phenoxy) is 2. The van der Waals surface area contributed by atoms with E-state index in [9.17, 15) is 10.1 Å². The van der Waals surface area contributed by atoms with Crippen molar-refractivity contribution < 1.29 is 14.3 Å². The van der Waals surface area contributed by atoms with E-state index in [4.69, 9.17) is 9.47 Å². The smallest absolute Gasteiger partial charge is 0.182 e. The molecule has 1 spiro atoms. The molecule has 1 fully saturated rings. The van der Waals surface area contributed by atoms with Gasteiger partial charge in [0.25, 0.3) is 0 Å². The van der Waals surface area contributed by atoms with E-state index in [1.807, 2.05) is 20.8 Å². The highest BCUT2D eigenvalue weighted by Gasteiger charge is 2.62. The summed E-state index contributed by atoms with van der Waals surface area (Å²) < 4.78 is 12.0. The van der Waals surface area contributed by atoms with Crippen LogP contribution in [0.3, 0.4) is 0 Å². The van der Waals surface area contributed by atoms with E-state index in [0.717, 1.165) is 12.0 Å². The first-order valence-corrected chi connectivity index (χ1v) is 7.45. The van der Waals surface area contributed by atoms with Gasteiger partial charge in [-0.25, -0.2) is 0 Å². The van der Waals surface area contributed by atoms with E-state index < -0.39 is 16.6 Å². The molecule has 0 saturated carbocycles. The minimum absolute atomic E-state index is 0.115. The average molecular weight is 287 g/mol. The van der Waals surface area contributed by atoms with Gasteiger partial charge in [-0.15, -0.1) is 0 Å². The minimum atomic E-state index is -0.753. The molecule has 112 valence electrons. The second-order valence-electron chi connectivity index (χ2n) is 7.04. The lowest BCUT2D eigenvalue weighted by Crippen LogP contribution is -2.56. The molecule has 4 heteroatoms. The first-order valence-electron chi connectivity index (χ1n) is 7.45. The highest BCUT2D eigenvalue weighted by Crippen LogP contribution is 2.59. The molecule has 2 aliphatic carbocycles. The van der Waals surface area contributed by atoms with Gasteiger partial charge in [-0.2, -0.15) is 5.26 Å². The molecule has 0 aromatic carbocycles. The number of carbonyl (C=O) groups excluding carboxylic acids is 1. The van der Waals surface area contributed by atoms with Gasteiger partial charge >= 0.3 is 0 Å². The summed E-state index contributed by atoms with van der Waals surface area (Å²) in [5.74, 6) is -0.595. The molecule has 3 aliphatic rings. The third-order valence-corrected chi connectivity index (χ3v) is 5.19. The van der Waals surface area contributed by atoms with Crippen molar-refractivity contribution >= 4 is 5.78 Å². The van der Waals surface area contributed by atoms with Gasteiger partial charge in [-0.05, 0) is 38.3 Å². The Morgan fingerprint density at radius 2 is 1.90 bits per heavy atom. The molecule has 4 nitrogen and oxygen atoms in total. The van der Waals surface area contributed by atoms with Crippen LogP contribution in [0.15, 0.2) is 23.3 Å². The predicted octanol–water partition coefficient (Wildman–Crippen LogP) is 2.76. The summed E-state index contributed by atoms with van der Waals surface area (Å²) in [5.41, 5.74) is -0.0448. The van der Waals surface area contributed by atoms with Crippen LogP contribution in [-0.4, -0.2) is 24.8 Å². The van der Waals surface area contributed by atoms with Crippen molar-refractivity contribution in [3.63, 3.8) is 0 Å². The number of rotatable bonds is 0. The van der Waals surface area contributed by atoms with Crippen LogP contribution in [-0.2, 0) is 14.3 Å². The zero-order valence-electron chi connectivity index (χ0n) is 13.0. The van der Waals surface area contributed by atoms with Crippen molar-refractivity contribution in [2.75, 3.05) is 13.2 Å². The number of Topliss-reactive ketones (excluding diaryl/α,β-unsaturated/α-hetero) is 1. The van der Waals surface area contributed by atoms with Gasteiger partial charge in [-0.1, -0.05) is 13.0 Å². The summed E-state index contributed by atoms with van der Waals surface area (Å²) in [6.45, 7) is 9.04. The standard InChI is InChI=1S/C17H21NO3/c1-11-7-13-15(2,3)14(19)12(10-18)9-16(13,4)17(8-11)20-5-6-21-17/h7,9,11H,5-6,8H2,1-4H3/t11-,16+/m1/s1. The average Bonchev–Trinajstić information content (AvgIpc) is 2.88. The molecule has 3 rings (SSSR count). The third kappa shape index (κ3) is 1.71. The van der Waals surface area contributed by atoms with Gasteiger partial charge in [0, 0.05) is 6.42 Å². The molecule has 1 saturated heterocycles. The quantitative estimate of drug-likeness (QED) is 0.643. The number of nitrogens with zero attached hydrogens (tertiary/aromatic N) is 1. The van der Waals surface area contributed by atoms with Crippen molar-refractivity contribution in [3.8, 4) is 6.07 Å². The van der Waals surface area contributed by atoms with E-state index in [2.05, 4.69) is 19.1 Å². The third-order valence-electron chi connectivity index (χ3n) is 5.19. The highest BCUT2D eigenvalue weighted by atomic mass is 16.7. The predicted molar refractivity (Wildman–Crippen MR) is 77.1 cm³/mol. The van der Waals surface area contributed by atoms with Crippen molar-refractivity contribution in [1.29, 1.82) is 5.26 Å². The van der Waals surface area contributed by atoms with Crippen molar-refractivity contribution in [2.45, 2.75) is 39.9 Å². The van der Waals surface area contributed by atoms with Gasteiger partial charge in [0.2, 0.25) is 0 Å². The maximum absolute atomic E-state index is 12.6. The van der Waals surface area contributed by atoms with Gasteiger partial charge in [0.1, 0.15) is 6.07 Å². The Labute approximate surface area is 125 Å². The molecule has 1 heterocycles. The molecule has 0 bridgehead atoms. The first kappa shape index (κ1) is 14.5. The van der Waals surface area contributed by atoms with Gasteiger partial charge in [0.05, 0.1) is 29.6 Å². The van der Waals surface area contributed by atoms with Crippen LogP contribution in [0.25, 0.3) is 0 Å². The number of allylic oxidation sites excluding steroid dienone is 2. The van der Waals surface area contributed by atoms with E-state index in [0.29, 0.717) is 13.2 Å². The summed E-state index contributed by atoms with van der Waals surface area (Å²) in [5, 5.41) is 9.34. The number of hydrogen-bond donors (Lipinski definition) is 0. The normalized spacial score (nSPS) is 36.7. The fourth-order valence-corrected chi connectivity index (χ4v) is 4.17. The molecular weight excluding hydrogens is 266 g/mol. The van der Waals surface area contributed by atoms with Crippen LogP contribution < -0.4 is 0 Å². The first-order chi connectivity index (χ1) is 9.77. The Bertz CT molecular complexity index is 602. The highest BCUT2D eigenvalue weighted by molar-refractivity contribution is 6.06. The van der Waals surface area contributed by atoms with Crippen molar-refractivity contribution in [1.82, 2.24) is 0 Å². The van der Waals surface area contributed by atoms with Crippen molar-refractivity contribution in [2.24, 2.45) is 16.7 Å². The molecular formula is C17H21NO3. The fourth-order valence-electron chi connectivity index (χ4n) is 4.17. The van der Waals surface area contributed by atoms with Gasteiger partial charge in [0.15, 0.2) is 11.6 Å². The lowest BCUT2D eigenvalue weighted by Gasteiger charge is -2.54. The zero-order valence-corrected chi connectivity index (χ0v) is 13.0. The summed E-state index contributed by atoms with van der Waals surface area (Å²) in [4.78, 5) is 12.6. The lowest BCUT2D eigenvalue weighted by molar-refractivity contribution is -0.224.